The van der Waals surface area contributed by atoms with Crippen molar-refractivity contribution in [2.75, 3.05) is 13.1 Å². The number of pyridine rings is 1. The van der Waals surface area contributed by atoms with Crippen molar-refractivity contribution >= 4 is 5.91 Å². The molecular weight excluding hydrogens is 329 g/mol. The summed E-state index contributed by atoms with van der Waals surface area (Å²) < 4.78 is 13.0. The van der Waals surface area contributed by atoms with Crippen LogP contribution in [0.2, 0.25) is 0 Å². The maximum absolute atomic E-state index is 13.0. The van der Waals surface area contributed by atoms with Crippen molar-refractivity contribution < 1.29 is 9.18 Å². The number of nitrogens with one attached hydrogen (secondary N) is 1. The summed E-state index contributed by atoms with van der Waals surface area (Å²) in [5, 5.41) is 3.41. The third-order valence-electron chi connectivity index (χ3n) is 4.91. The standard InChI is InChI=1S/C21H26FN3O/c22-18-9-6-17(7-10-18)8-11-21(26)25(16-19-4-1-2-14-24-19)20-5-3-13-23-15-12-20/h1-2,4,6-7,9-10,14,20,23H,3,5,8,11-13,15-16H2. The Kier molecular flexibility index (Phi) is 6.72. The van der Waals surface area contributed by atoms with E-state index in [9.17, 15) is 9.18 Å². The second-order valence-corrected chi connectivity index (χ2v) is 6.80. The first-order chi connectivity index (χ1) is 12.7. The number of aryl methyl sites for hydroxylation is 1. The van der Waals surface area contributed by atoms with E-state index in [4.69, 9.17) is 0 Å². The average Bonchev–Trinajstić information content (AvgIpc) is 2.95. The normalized spacial score (nSPS) is 17.5. The Morgan fingerprint density at radius 3 is 2.77 bits per heavy atom. The second-order valence-electron chi connectivity index (χ2n) is 6.80. The van der Waals surface area contributed by atoms with Crippen molar-refractivity contribution in [3.8, 4) is 0 Å². The Balaban J connectivity index is 1.68. The van der Waals surface area contributed by atoms with Gasteiger partial charge in [-0.2, -0.15) is 0 Å². The maximum atomic E-state index is 13.0. The molecule has 1 aromatic carbocycles. The Hall–Kier alpha value is -2.27. The highest BCUT2D eigenvalue weighted by atomic mass is 19.1. The van der Waals surface area contributed by atoms with E-state index >= 15 is 0 Å². The number of aromatic nitrogens is 1. The molecule has 2 aromatic rings. The molecule has 0 saturated carbocycles. The number of nitrogens with zero attached hydrogens (tertiary/aromatic N) is 2. The number of hydrogen-bond donors (Lipinski definition) is 1. The van der Waals surface area contributed by atoms with E-state index in [0.717, 1.165) is 43.6 Å². The summed E-state index contributed by atoms with van der Waals surface area (Å²) >= 11 is 0. The highest BCUT2D eigenvalue weighted by molar-refractivity contribution is 5.76. The monoisotopic (exact) mass is 355 g/mol. The number of benzene rings is 1. The Morgan fingerprint density at radius 1 is 1.15 bits per heavy atom. The zero-order chi connectivity index (χ0) is 18.2. The number of carbonyl (C=O) groups excluding carboxylic acids is 1. The minimum atomic E-state index is -0.247. The zero-order valence-electron chi connectivity index (χ0n) is 15.0. The van der Waals surface area contributed by atoms with Crippen LogP contribution in [0.15, 0.2) is 48.7 Å². The molecule has 1 atom stereocenters. The van der Waals surface area contributed by atoms with Gasteiger partial charge >= 0.3 is 0 Å². The van der Waals surface area contributed by atoms with E-state index in [0.29, 0.717) is 19.4 Å². The number of amides is 1. The molecule has 1 amide bonds. The highest BCUT2D eigenvalue weighted by Crippen LogP contribution is 2.18. The average molecular weight is 355 g/mol. The van der Waals surface area contributed by atoms with Crippen molar-refractivity contribution in [1.82, 2.24) is 15.2 Å². The van der Waals surface area contributed by atoms with E-state index < -0.39 is 0 Å². The lowest BCUT2D eigenvalue weighted by atomic mass is 10.0. The first kappa shape index (κ1) is 18.5. The van der Waals surface area contributed by atoms with Crippen LogP contribution in [0.4, 0.5) is 4.39 Å². The molecule has 1 aliphatic rings. The Bertz CT molecular complexity index is 682. The Morgan fingerprint density at radius 2 is 2.00 bits per heavy atom. The summed E-state index contributed by atoms with van der Waals surface area (Å²) in [4.78, 5) is 19.4. The van der Waals surface area contributed by atoms with Crippen molar-refractivity contribution in [2.24, 2.45) is 0 Å². The summed E-state index contributed by atoms with van der Waals surface area (Å²) in [5.74, 6) is -0.102. The molecule has 0 aliphatic carbocycles. The summed E-state index contributed by atoms with van der Waals surface area (Å²) in [6.45, 7) is 2.50. The van der Waals surface area contributed by atoms with Gasteiger partial charge in [0.25, 0.3) is 0 Å². The van der Waals surface area contributed by atoms with Crippen molar-refractivity contribution in [3.05, 3.63) is 65.7 Å². The first-order valence-corrected chi connectivity index (χ1v) is 9.37. The van der Waals surface area contributed by atoms with E-state index in [2.05, 4.69) is 10.3 Å². The number of hydrogen-bond acceptors (Lipinski definition) is 3. The lowest BCUT2D eigenvalue weighted by Crippen LogP contribution is -2.40. The van der Waals surface area contributed by atoms with E-state index in [1.165, 1.54) is 12.1 Å². The van der Waals surface area contributed by atoms with Gasteiger partial charge in [-0.15, -0.1) is 0 Å². The molecule has 4 nitrogen and oxygen atoms in total. The van der Waals surface area contributed by atoms with Crippen molar-refractivity contribution in [3.63, 3.8) is 0 Å². The van der Waals surface area contributed by atoms with Gasteiger partial charge in [-0.05, 0) is 68.6 Å². The molecule has 1 aromatic heterocycles. The predicted octanol–water partition coefficient (Wildman–Crippen LogP) is 3.32. The second kappa shape index (κ2) is 9.43. The van der Waals surface area contributed by atoms with Crippen LogP contribution in [0.5, 0.6) is 0 Å². The minimum Gasteiger partial charge on any atom is -0.334 e. The molecule has 1 aliphatic heterocycles. The van der Waals surface area contributed by atoms with Crippen LogP contribution in [0.25, 0.3) is 0 Å². The SMILES string of the molecule is O=C(CCc1ccc(F)cc1)N(Cc1ccccn1)C1CCCNCC1. The third kappa shape index (κ3) is 5.36. The molecule has 2 heterocycles. The molecule has 0 spiro atoms. The molecule has 1 N–H and O–H groups in total. The van der Waals surface area contributed by atoms with Crippen LogP contribution in [0.3, 0.4) is 0 Å². The highest BCUT2D eigenvalue weighted by Gasteiger charge is 2.24. The predicted molar refractivity (Wildman–Crippen MR) is 100 cm³/mol. The molecule has 1 saturated heterocycles. The smallest absolute Gasteiger partial charge is 0.223 e. The van der Waals surface area contributed by atoms with Crippen LogP contribution in [0, 0.1) is 5.82 Å². The lowest BCUT2D eigenvalue weighted by molar-refractivity contribution is -0.134. The van der Waals surface area contributed by atoms with E-state index in [1.54, 1.807) is 18.3 Å². The van der Waals surface area contributed by atoms with Gasteiger partial charge in [0.2, 0.25) is 5.91 Å². The number of halogens is 1. The summed E-state index contributed by atoms with van der Waals surface area (Å²) in [6.07, 6.45) is 5.89. The van der Waals surface area contributed by atoms with Crippen LogP contribution in [-0.2, 0) is 17.8 Å². The summed E-state index contributed by atoms with van der Waals surface area (Å²) in [7, 11) is 0. The lowest BCUT2D eigenvalue weighted by Gasteiger charge is -2.31. The molecule has 26 heavy (non-hydrogen) atoms. The van der Waals surface area contributed by atoms with Gasteiger partial charge < -0.3 is 10.2 Å². The van der Waals surface area contributed by atoms with E-state index in [-0.39, 0.29) is 17.8 Å². The third-order valence-corrected chi connectivity index (χ3v) is 4.91. The summed E-state index contributed by atoms with van der Waals surface area (Å²) in [6, 6.07) is 12.5. The molecule has 5 heteroatoms. The molecule has 0 bridgehead atoms. The fourth-order valence-corrected chi connectivity index (χ4v) is 3.45. The molecule has 0 radical (unpaired) electrons. The van der Waals surface area contributed by atoms with Crippen molar-refractivity contribution in [1.29, 1.82) is 0 Å². The van der Waals surface area contributed by atoms with Gasteiger partial charge in [0.15, 0.2) is 0 Å². The number of carbonyl (C=O) groups is 1. The largest absolute Gasteiger partial charge is 0.334 e. The van der Waals surface area contributed by atoms with Gasteiger partial charge in [0.1, 0.15) is 5.82 Å². The van der Waals surface area contributed by atoms with E-state index in [1.807, 2.05) is 23.1 Å². The van der Waals surface area contributed by atoms with Gasteiger partial charge in [0.05, 0.1) is 12.2 Å². The molecule has 1 fully saturated rings. The molecule has 138 valence electrons. The molecule has 3 rings (SSSR count). The van der Waals surface area contributed by atoms with Crippen LogP contribution in [-0.4, -0.2) is 34.9 Å². The first-order valence-electron chi connectivity index (χ1n) is 9.37. The fourth-order valence-electron chi connectivity index (χ4n) is 3.45. The van der Waals surface area contributed by atoms with Gasteiger partial charge in [-0.1, -0.05) is 18.2 Å². The minimum absolute atomic E-state index is 0.145. The van der Waals surface area contributed by atoms with Crippen LogP contribution in [0.1, 0.15) is 36.9 Å². The number of rotatable bonds is 6. The van der Waals surface area contributed by atoms with Gasteiger partial charge in [-0.3, -0.25) is 9.78 Å². The molecular formula is C21H26FN3O. The van der Waals surface area contributed by atoms with Crippen LogP contribution >= 0.6 is 0 Å². The topological polar surface area (TPSA) is 45.2 Å². The Labute approximate surface area is 154 Å². The van der Waals surface area contributed by atoms with Crippen LogP contribution < -0.4 is 5.32 Å². The van der Waals surface area contributed by atoms with Gasteiger partial charge in [0, 0.05) is 18.7 Å². The zero-order valence-corrected chi connectivity index (χ0v) is 15.0. The molecule has 1 unspecified atom stereocenters. The van der Waals surface area contributed by atoms with Gasteiger partial charge in [-0.25, -0.2) is 4.39 Å². The summed E-state index contributed by atoms with van der Waals surface area (Å²) in [5.41, 5.74) is 1.90. The fraction of sp³-hybridized carbons (Fsp3) is 0.429. The maximum Gasteiger partial charge on any atom is 0.223 e. The quantitative estimate of drug-likeness (QED) is 0.865. The van der Waals surface area contributed by atoms with Crippen molar-refractivity contribution in [2.45, 2.75) is 44.7 Å².